The Morgan fingerprint density at radius 2 is 1.94 bits per heavy atom. The van der Waals surface area contributed by atoms with E-state index in [2.05, 4.69) is 16.9 Å². The molecule has 0 saturated carbocycles. The van der Waals surface area contributed by atoms with Crippen molar-refractivity contribution in [1.29, 1.82) is 0 Å². The average Bonchev–Trinajstić information content (AvgIpc) is 2.79. The zero-order valence-electron chi connectivity index (χ0n) is 17.2. The van der Waals surface area contributed by atoms with E-state index in [-0.39, 0.29) is 23.8 Å². The molecule has 3 aromatic rings. The van der Waals surface area contributed by atoms with E-state index in [9.17, 15) is 9.59 Å². The van der Waals surface area contributed by atoms with Crippen LogP contribution >= 0.6 is 11.8 Å². The molecule has 0 aliphatic carbocycles. The fourth-order valence-electron chi connectivity index (χ4n) is 3.62. The second kappa shape index (κ2) is 9.22. The maximum atomic E-state index is 13.0. The molecule has 0 radical (unpaired) electrons. The number of carbonyl (C=O) groups excluding carboxylic acids is 1. The first-order valence-corrected chi connectivity index (χ1v) is 11.0. The summed E-state index contributed by atoms with van der Waals surface area (Å²) < 4.78 is 7.33. The van der Waals surface area contributed by atoms with Crippen molar-refractivity contribution in [2.75, 3.05) is 11.9 Å². The number of nitrogens with zero attached hydrogens (tertiary/aromatic N) is 2. The summed E-state index contributed by atoms with van der Waals surface area (Å²) in [5.74, 6) is 1.44. The van der Waals surface area contributed by atoms with Gasteiger partial charge in [0.1, 0.15) is 18.2 Å². The Bertz CT molecular complexity index is 1160. The third kappa shape index (κ3) is 4.56. The number of hydrogen-bond donors (Lipinski definition) is 1. The Balaban J connectivity index is 1.66. The van der Waals surface area contributed by atoms with Gasteiger partial charge in [-0.25, -0.2) is 0 Å². The van der Waals surface area contributed by atoms with Gasteiger partial charge in [0, 0.05) is 25.1 Å². The molecule has 0 spiro atoms. The van der Waals surface area contributed by atoms with E-state index in [0.717, 1.165) is 11.1 Å². The van der Waals surface area contributed by atoms with Crippen LogP contribution < -0.4 is 15.6 Å². The van der Waals surface area contributed by atoms with Crippen LogP contribution in [0.5, 0.6) is 5.75 Å². The molecule has 1 aliphatic rings. The number of fused-ring (bicyclic) bond motifs is 1. The van der Waals surface area contributed by atoms with E-state index in [4.69, 9.17) is 4.74 Å². The number of aromatic nitrogens is 2. The average molecular weight is 434 g/mol. The molecule has 1 atom stereocenters. The van der Waals surface area contributed by atoms with Crippen LogP contribution in [0, 0.1) is 0 Å². The van der Waals surface area contributed by atoms with E-state index in [1.807, 2.05) is 61.6 Å². The highest BCUT2D eigenvalue weighted by molar-refractivity contribution is 7.98. The summed E-state index contributed by atoms with van der Waals surface area (Å²) in [4.78, 5) is 29.8. The van der Waals surface area contributed by atoms with Gasteiger partial charge >= 0.3 is 0 Å². The third-order valence-electron chi connectivity index (χ3n) is 5.16. The molecule has 1 aliphatic heterocycles. The lowest BCUT2D eigenvalue weighted by Crippen LogP contribution is -2.33. The van der Waals surface area contributed by atoms with Gasteiger partial charge in [0.2, 0.25) is 5.91 Å². The van der Waals surface area contributed by atoms with Crippen molar-refractivity contribution in [2.45, 2.75) is 23.2 Å². The maximum Gasteiger partial charge on any atom is 0.279 e. The lowest BCUT2D eigenvalue weighted by molar-refractivity contribution is -0.116. The third-order valence-corrected chi connectivity index (χ3v) is 6.26. The zero-order valence-corrected chi connectivity index (χ0v) is 18.0. The fourth-order valence-corrected chi connectivity index (χ4v) is 4.54. The Morgan fingerprint density at radius 1 is 1.19 bits per heavy atom. The fraction of sp³-hybridized carbons (Fsp3) is 0.208. The summed E-state index contributed by atoms with van der Waals surface area (Å²) in [7, 11) is 1.83. The summed E-state index contributed by atoms with van der Waals surface area (Å²) >= 11 is 1.47. The van der Waals surface area contributed by atoms with Gasteiger partial charge in [-0.3, -0.25) is 9.59 Å². The summed E-state index contributed by atoms with van der Waals surface area (Å²) in [6.07, 6.45) is 1.88. The lowest BCUT2D eigenvalue weighted by atomic mass is 9.87. The molecule has 158 valence electrons. The van der Waals surface area contributed by atoms with Crippen LogP contribution in [0.15, 0.2) is 77.2 Å². The topological polar surface area (TPSA) is 73.2 Å². The van der Waals surface area contributed by atoms with Gasteiger partial charge in [-0.1, -0.05) is 66.9 Å². The number of anilines is 1. The molecule has 6 nitrogen and oxygen atoms in total. The largest absolute Gasteiger partial charge is 0.490 e. The van der Waals surface area contributed by atoms with Gasteiger partial charge in [0.05, 0.1) is 5.56 Å². The highest BCUT2D eigenvalue weighted by Gasteiger charge is 2.32. The van der Waals surface area contributed by atoms with Gasteiger partial charge in [-0.2, -0.15) is 4.98 Å². The Hall–Kier alpha value is -3.32. The van der Waals surface area contributed by atoms with Crippen LogP contribution in [0.1, 0.15) is 29.0 Å². The summed E-state index contributed by atoms with van der Waals surface area (Å²) in [5, 5.41) is 3.45. The van der Waals surface area contributed by atoms with Crippen LogP contribution in [0.4, 0.5) is 5.82 Å². The molecule has 1 aromatic heterocycles. The number of hydrogen-bond acceptors (Lipinski definition) is 5. The summed E-state index contributed by atoms with van der Waals surface area (Å²) in [5.41, 5.74) is 2.23. The molecule has 0 bridgehead atoms. The van der Waals surface area contributed by atoms with Crippen LogP contribution in [0.3, 0.4) is 0 Å². The van der Waals surface area contributed by atoms with E-state index in [1.54, 1.807) is 10.6 Å². The first kappa shape index (κ1) is 20.9. The highest BCUT2D eigenvalue weighted by Crippen LogP contribution is 2.36. The van der Waals surface area contributed by atoms with Crippen molar-refractivity contribution >= 4 is 23.5 Å². The Labute approximate surface area is 185 Å². The lowest BCUT2D eigenvalue weighted by Gasteiger charge is -2.27. The number of ether oxygens (including phenoxy) is 1. The number of thioether (sulfide) groups is 1. The quantitative estimate of drug-likeness (QED) is 0.345. The minimum atomic E-state index is -0.350. The van der Waals surface area contributed by atoms with Crippen molar-refractivity contribution in [2.24, 2.45) is 7.05 Å². The molecule has 7 heteroatoms. The van der Waals surface area contributed by atoms with E-state index >= 15 is 0 Å². The molecule has 1 unspecified atom stereocenters. The normalized spacial score (nSPS) is 15.1. The second-order valence-corrected chi connectivity index (χ2v) is 8.21. The highest BCUT2D eigenvalue weighted by atomic mass is 32.2. The number of benzene rings is 2. The Kier molecular flexibility index (Phi) is 6.23. The van der Waals surface area contributed by atoms with E-state index in [1.165, 1.54) is 11.8 Å². The van der Waals surface area contributed by atoms with E-state index in [0.29, 0.717) is 34.6 Å². The molecule has 2 heterocycles. The van der Waals surface area contributed by atoms with Gasteiger partial charge in [0.25, 0.3) is 5.56 Å². The zero-order chi connectivity index (χ0) is 21.8. The van der Waals surface area contributed by atoms with Crippen molar-refractivity contribution in [3.05, 3.63) is 94.3 Å². The molecule has 1 N–H and O–H groups in total. The van der Waals surface area contributed by atoms with Gasteiger partial charge < -0.3 is 14.6 Å². The molecular formula is C24H23N3O3S. The first-order valence-electron chi connectivity index (χ1n) is 9.98. The molecule has 4 rings (SSSR count). The van der Waals surface area contributed by atoms with E-state index < -0.39 is 0 Å². The minimum absolute atomic E-state index is 0.121. The van der Waals surface area contributed by atoms with Crippen LogP contribution in [0.2, 0.25) is 0 Å². The number of nitrogens with one attached hydrogen (secondary N) is 1. The summed E-state index contributed by atoms with van der Waals surface area (Å²) in [6.45, 7) is 4.06. The molecule has 2 aromatic carbocycles. The summed E-state index contributed by atoms with van der Waals surface area (Å²) in [6, 6.07) is 17.5. The standard InChI is InChI=1S/C24H23N3O3S/c1-3-13-30-18-11-9-17(10-12-18)19-14-20(28)25-22-21(19)23(29)26-24(27(22)2)31-15-16-7-5-4-6-8-16/h3-12,19H,1,13-15H2,2H3,(H,25,28). The number of carbonyl (C=O) groups is 1. The van der Waals surface area contributed by atoms with Gasteiger partial charge in [-0.15, -0.1) is 0 Å². The van der Waals surface area contributed by atoms with Crippen molar-refractivity contribution < 1.29 is 9.53 Å². The maximum absolute atomic E-state index is 13.0. The smallest absolute Gasteiger partial charge is 0.279 e. The molecule has 31 heavy (non-hydrogen) atoms. The van der Waals surface area contributed by atoms with Crippen molar-refractivity contribution in [1.82, 2.24) is 9.55 Å². The molecular weight excluding hydrogens is 410 g/mol. The molecule has 0 saturated heterocycles. The van der Waals surface area contributed by atoms with Crippen molar-refractivity contribution in [3.8, 4) is 5.75 Å². The molecule has 0 fully saturated rings. The molecule has 1 amide bonds. The minimum Gasteiger partial charge on any atom is -0.490 e. The number of rotatable bonds is 7. The SMILES string of the molecule is C=CCOc1ccc(C2CC(=O)Nc3c2c(=O)nc(SCc2ccccc2)n3C)cc1. The monoisotopic (exact) mass is 433 g/mol. The van der Waals surface area contributed by atoms with Crippen LogP contribution in [-0.4, -0.2) is 22.1 Å². The van der Waals surface area contributed by atoms with Crippen LogP contribution in [0.25, 0.3) is 0 Å². The van der Waals surface area contributed by atoms with Crippen molar-refractivity contribution in [3.63, 3.8) is 0 Å². The van der Waals surface area contributed by atoms with Gasteiger partial charge in [0.15, 0.2) is 5.16 Å². The van der Waals surface area contributed by atoms with Crippen LogP contribution in [-0.2, 0) is 17.6 Å². The predicted molar refractivity (Wildman–Crippen MR) is 123 cm³/mol. The first-order chi connectivity index (χ1) is 15.1. The van der Waals surface area contributed by atoms with Gasteiger partial charge in [-0.05, 0) is 23.3 Å². The predicted octanol–water partition coefficient (Wildman–Crippen LogP) is 4.11. The Morgan fingerprint density at radius 3 is 2.65 bits per heavy atom. The number of amides is 1. The second-order valence-electron chi connectivity index (χ2n) is 7.27.